The van der Waals surface area contributed by atoms with Crippen LogP contribution in [0.15, 0.2) is 24.3 Å². The molecule has 3 aliphatic rings. The number of methoxy groups -OCH3 is 1. The summed E-state index contributed by atoms with van der Waals surface area (Å²) in [7, 11) is 1.42. The smallest absolute Gasteiger partial charge is 0.308 e. The number of carbonyl (C=O) groups is 1. The van der Waals surface area contributed by atoms with Crippen molar-refractivity contribution in [3.63, 3.8) is 0 Å². The van der Waals surface area contributed by atoms with Crippen LogP contribution in [0.2, 0.25) is 0 Å². The molecule has 164 valence electrons. The Labute approximate surface area is 180 Å². The van der Waals surface area contributed by atoms with Crippen molar-refractivity contribution < 1.29 is 23.0 Å². The Balaban J connectivity index is 1.60. The van der Waals surface area contributed by atoms with Gasteiger partial charge in [0.1, 0.15) is 11.6 Å². The third-order valence-corrected chi connectivity index (χ3v) is 8.06. The summed E-state index contributed by atoms with van der Waals surface area (Å²) < 4.78 is 40.0. The third kappa shape index (κ3) is 2.71. The first-order chi connectivity index (χ1) is 14.8. The standard InChI is InChI=1S/C24H26F2N2O3/c1-23(2)15-7-9-24(23,19-11-13(8-10-31-19)22(29)30-3)21-14(15)12-18(27-28-21)20-16(25)5-4-6-17(20)26/h4-6,12-13,15,19H,7-11H2,1-3H3/t13?,15-,19+,24-/m0/s1. The number of fused-ring (bicyclic) bond motifs is 5. The van der Waals surface area contributed by atoms with E-state index in [0.717, 1.165) is 24.1 Å². The normalized spacial score (nSPS) is 30.8. The molecule has 0 radical (unpaired) electrons. The van der Waals surface area contributed by atoms with Crippen molar-refractivity contribution in [2.75, 3.05) is 13.7 Å². The van der Waals surface area contributed by atoms with Gasteiger partial charge in [0.25, 0.3) is 0 Å². The lowest BCUT2D eigenvalue weighted by molar-refractivity contribution is -0.154. The van der Waals surface area contributed by atoms with Crippen LogP contribution in [0.4, 0.5) is 8.78 Å². The Kier molecular flexibility index (Phi) is 4.66. The number of rotatable bonds is 3. The lowest BCUT2D eigenvalue weighted by Gasteiger charge is -2.46. The topological polar surface area (TPSA) is 61.3 Å². The first-order valence-corrected chi connectivity index (χ1v) is 10.8. The van der Waals surface area contributed by atoms with Crippen LogP contribution < -0.4 is 0 Å². The average Bonchev–Trinajstić information content (AvgIpc) is 3.14. The second-order valence-electron chi connectivity index (χ2n) is 9.52. The molecular weight excluding hydrogens is 402 g/mol. The van der Waals surface area contributed by atoms with E-state index in [1.807, 2.05) is 0 Å². The van der Waals surface area contributed by atoms with Crippen LogP contribution in [0.1, 0.15) is 56.7 Å². The van der Waals surface area contributed by atoms with Crippen LogP contribution in [0, 0.1) is 23.0 Å². The summed E-state index contributed by atoms with van der Waals surface area (Å²) in [6.07, 6.45) is 2.86. The summed E-state index contributed by atoms with van der Waals surface area (Å²) in [5, 5.41) is 8.81. The highest BCUT2D eigenvalue weighted by molar-refractivity contribution is 5.72. The van der Waals surface area contributed by atoms with Crippen LogP contribution >= 0.6 is 0 Å². The van der Waals surface area contributed by atoms with Gasteiger partial charge < -0.3 is 9.47 Å². The molecule has 1 saturated heterocycles. The predicted molar refractivity (Wildman–Crippen MR) is 109 cm³/mol. The quantitative estimate of drug-likeness (QED) is 0.672. The van der Waals surface area contributed by atoms with Gasteiger partial charge in [0.2, 0.25) is 0 Å². The van der Waals surface area contributed by atoms with E-state index < -0.39 is 11.6 Å². The highest BCUT2D eigenvalue weighted by Crippen LogP contribution is 2.69. The second-order valence-corrected chi connectivity index (χ2v) is 9.52. The molecule has 2 aliphatic carbocycles. The molecule has 2 fully saturated rings. The third-order valence-electron chi connectivity index (χ3n) is 8.06. The number of halogens is 2. The fourth-order valence-corrected chi connectivity index (χ4v) is 6.47. The van der Waals surface area contributed by atoms with Crippen molar-refractivity contribution in [3.05, 3.63) is 47.2 Å². The number of hydrogen-bond donors (Lipinski definition) is 0. The van der Waals surface area contributed by atoms with Gasteiger partial charge in [0.15, 0.2) is 0 Å². The van der Waals surface area contributed by atoms with E-state index in [2.05, 4.69) is 24.0 Å². The fourth-order valence-electron chi connectivity index (χ4n) is 6.47. The summed E-state index contributed by atoms with van der Waals surface area (Å²) in [6, 6.07) is 5.60. The molecule has 1 aromatic carbocycles. The van der Waals surface area contributed by atoms with E-state index in [-0.39, 0.29) is 46.0 Å². The number of carbonyl (C=O) groups excluding carboxylic acids is 1. The molecule has 2 heterocycles. The summed E-state index contributed by atoms with van der Waals surface area (Å²) in [6.45, 7) is 4.91. The molecule has 0 N–H and O–H groups in total. The summed E-state index contributed by atoms with van der Waals surface area (Å²) >= 11 is 0. The first kappa shape index (κ1) is 20.5. The molecule has 2 bridgehead atoms. The van der Waals surface area contributed by atoms with Crippen molar-refractivity contribution in [1.29, 1.82) is 0 Å². The van der Waals surface area contributed by atoms with Crippen LogP contribution in [0.5, 0.6) is 0 Å². The van der Waals surface area contributed by atoms with Crippen molar-refractivity contribution in [1.82, 2.24) is 10.2 Å². The molecule has 5 nitrogen and oxygen atoms in total. The van der Waals surface area contributed by atoms with Crippen molar-refractivity contribution in [2.45, 2.75) is 57.0 Å². The molecule has 7 heteroatoms. The van der Waals surface area contributed by atoms with Crippen LogP contribution in [0.3, 0.4) is 0 Å². The van der Waals surface area contributed by atoms with Crippen LogP contribution in [-0.2, 0) is 19.7 Å². The number of aromatic nitrogens is 2. The maximum Gasteiger partial charge on any atom is 0.308 e. The van der Waals surface area contributed by atoms with Crippen molar-refractivity contribution in [3.8, 4) is 11.3 Å². The summed E-state index contributed by atoms with van der Waals surface area (Å²) in [4.78, 5) is 12.2. The summed E-state index contributed by atoms with van der Waals surface area (Å²) in [5.41, 5.74) is 1.34. The Morgan fingerprint density at radius 1 is 1.19 bits per heavy atom. The molecule has 1 unspecified atom stereocenters. The van der Waals surface area contributed by atoms with E-state index in [1.54, 1.807) is 6.07 Å². The van der Waals surface area contributed by atoms with Gasteiger partial charge in [-0.25, -0.2) is 8.78 Å². The Morgan fingerprint density at radius 3 is 2.65 bits per heavy atom. The zero-order valence-corrected chi connectivity index (χ0v) is 18.0. The molecule has 4 atom stereocenters. The molecule has 31 heavy (non-hydrogen) atoms. The molecule has 0 spiro atoms. The second kappa shape index (κ2) is 7.05. The Hall–Kier alpha value is -2.41. The van der Waals surface area contributed by atoms with Crippen LogP contribution in [0.25, 0.3) is 11.3 Å². The lowest BCUT2D eigenvalue weighted by atomic mass is 9.63. The van der Waals surface area contributed by atoms with E-state index in [0.29, 0.717) is 19.4 Å². The number of nitrogens with zero attached hydrogens (tertiary/aromatic N) is 2. The fraction of sp³-hybridized carbons (Fsp3) is 0.542. The van der Waals surface area contributed by atoms with Gasteiger partial charge in [-0.1, -0.05) is 19.9 Å². The van der Waals surface area contributed by atoms with Gasteiger partial charge >= 0.3 is 5.97 Å². The average molecular weight is 428 g/mol. The lowest BCUT2D eigenvalue weighted by Crippen LogP contribution is -2.51. The summed E-state index contributed by atoms with van der Waals surface area (Å²) in [5.74, 6) is -1.51. The molecule has 2 aromatic rings. The number of esters is 1. The Bertz CT molecular complexity index is 1040. The molecule has 1 aromatic heterocycles. The maximum atomic E-state index is 14.4. The monoisotopic (exact) mass is 428 g/mol. The minimum atomic E-state index is -0.650. The van der Waals surface area contributed by atoms with Gasteiger partial charge in [-0.2, -0.15) is 10.2 Å². The zero-order chi connectivity index (χ0) is 22.0. The molecule has 5 rings (SSSR count). The molecule has 0 amide bonds. The van der Waals surface area contributed by atoms with Crippen LogP contribution in [-0.4, -0.2) is 36.0 Å². The van der Waals surface area contributed by atoms with Gasteiger partial charge in [0.05, 0.1) is 36.1 Å². The highest BCUT2D eigenvalue weighted by Gasteiger charge is 2.67. The minimum absolute atomic E-state index is 0.146. The highest BCUT2D eigenvalue weighted by atomic mass is 19.1. The van der Waals surface area contributed by atoms with E-state index in [4.69, 9.17) is 9.47 Å². The molecular formula is C24H26F2N2O3. The van der Waals surface area contributed by atoms with Gasteiger partial charge in [-0.15, -0.1) is 0 Å². The number of ether oxygens (including phenoxy) is 2. The predicted octanol–water partition coefficient (Wildman–Crippen LogP) is 4.55. The number of hydrogen-bond acceptors (Lipinski definition) is 5. The van der Waals surface area contributed by atoms with E-state index in [9.17, 15) is 13.6 Å². The minimum Gasteiger partial charge on any atom is -0.469 e. The molecule has 1 saturated carbocycles. The number of benzene rings is 1. The first-order valence-electron chi connectivity index (χ1n) is 10.8. The maximum absolute atomic E-state index is 14.4. The van der Waals surface area contributed by atoms with Gasteiger partial charge in [-0.3, -0.25) is 4.79 Å². The Morgan fingerprint density at radius 2 is 1.94 bits per heavy atom. The van der Waals surface area contributed by atoms with Crippen molar-refractivity contribution >= 4 is 5.97 Å². The van der Waals surface area contributed by atoms with Crippen molar-refractivity contribution in [2.24, 2.45) is 11.3 Å². The van der Waals surface area contributed by atoms with E-state index in [1.165, 1.54) is 25.3 Å². The largest absolute Gasteiger partial charge is 0.469 e. The van der Waals surface area contributed by atoms with E-state index >= 15 is 0 Å². The van der Waals surface area contributed by atoms with Gasteiger partial charge in [0, 0.05) is 12.0 Å². The van der Waals surface area contributed by atoms with Gasteiger partial charge in [-0.05, 0) is 60.8 Å². The zero-order valence-electron chi connectivity index (χ0n) is 18.0. The SMILES string of the molecule is COC(=O)C1CCO[C@@H]([C@@]23CC[C@@H](c4cc(-c5c(F)cccc5F)nnc42)C3(C)C)C1. The molecule has 1 aliphatic heterocycles.